The lowest BCUT2D eigenvalue weighted by Gasteiger charge is -2.37. The fourth-order valence-electron chi connectivity index (χ4n) is 2.21. The number of hydrogen-bond donors (Lipinski definition) is 2. The molecule has 0 aromatic heterocycles. The van der Waals surface area contributed by atoms with E-state index >= 15 is 0 Å². The van der Waals surface area contributed by atoms with Crippen LogP contribution in [0.4, 0.5) is 8.78 Å². The monoisotopic (exact) mass is 241 g/mol. The van der Waals surface area contributed by atoms with E-state index in [0.29, 0.717) is 12.1 Å². The first kappa shape index (κ1) is 12.4. The standard InChI is InChI=1S/C12H17F2N3/c1-17-5-4-16-7-11(17)12(15)9-3-2-8(13)6-10(9)14/h2-3,6,11-12,16H,4-5,7,15H2,1H3. The van der Waals surface area contributed by atoms with E-state index in [2.05, 4.69) is 10.2 Å². The quantitative estimate of drug-likeness (QED) is 0.807. The van der Waals surface area contributed by atoms with Crippen LogP contribution in [0, 0.1) is 11.6 Å². The van der Waals surface area contributed by atoms with Crippen LogP contribution in [0.25, 0.3) is 0 Å². The van der Waals surface area contributed by atoms with Crippen molar-refractivity contribution < 1.29 is 8.78 Å². The number of nitrogens with zero attached hydrogens (tertiary/aromatic N) is 1. The van der Waals surface area contributed by atoms with Crippen molar-refractivity contribution in [2.75, 3.05) is 26.7 Å². The highest BCUT2D eigenvalue weighted by molar-refractivity contribution is 5.23. The molecular weight excluding hydrogens is 224 g/mol. The molecule has 1 aromatic rings. The van der Waals surface area contributed by atoms with E-state index in [1.807, 2.05) is 7.05 Å². The molecule has 3 nitrogen and oxygen atoms in total. The molecule has 17 heavy (non-hydrogen) atoms. The van der Waals surface area contributed by atoms with Gasteiger partial charge in [-0.3, -0.25) is 4.90 Å². The van der Waals surface area contributed by atoms with Crippen LogP contribution in [0.2, 0.25) is 0 Å². The maximum atomic E-state index is 13.6. The summed E-state index contributed by atoms with van der Waals surface area (Å²) in [6.45, 7) is 2.50. The zero-order valence-corrected chi connectivity index (χ0v) is 9.79. The number of likely N-dealkylation sites (N-methyl/N-ethyl adjacent to an activating group) is 1. The first-order valence-corrected chi connectivity index (χ1v) is 5.71. The molecule has 1 fully saturated rings. The van der Waals surface area contributed by atoms with Gasteiger partial charge in [0.25, 0.3) is 0 Å². The Hall–Kier alpha value is -1.04. The minimum atomic E-state index is -0.575. The average Bonchev–Trinajstić information content (AvgIpc) is 2.29. The molecule has 1 saturated heterocycles. The van der Waals surface area contributed by atoms with Gasteiger partial charge in [-0.1, -0.05) is 6.07 Å². The molecule has 2 unspecified atom stereocenters. The topological polar surface area (TPSA) is 41.3 Å². The molecule has 1 aliphatic rings. The molecule has 0 amide bonds. The van der Waals surface area contributed by atoms with Crippen LogP contribution < -0.4 is 11.1 Å². The van der Waals surface area contributed by atoms with Crippen molar-refractivity contribution in [3.05, 3.63) is 35.4 Å². The number of benzene rings is 1. The van der Waals surface area contributed by atoms with Crippen LogP contribution in [-0.4, -0.2) is 37.6 Å². The van der Waals surface area contributed by atoms with Gasteiger partial charge in [0.1, 0.15) is 11.6 Å². The molecule has 3 N–H and O–H groups in total. The van der Waals surface area contributed by atoms with Gasteiger partial charge in [-0.2, -0.15) is 0 Å². The lowest BCUT2D eigenvalue weighted by Crippen LogP contribution is -2.53. The third kappa shape index (κ3) is 2.62. The molecule has 0 bridgehead atoms. The Morgan fingerprint density at radius 3 is 2.88 bits per heavy atom. The van der Waals surface area contributed by atoms with Crippen LogP contribution in [0.3, 0.4) is 0 Å². The van der Waals surface area contributed by atoms with Gasteiger partial charge in [-0.25, -0.2) is 8.78 Å². The Bertz CT molecular complexity index is 397. The van der Waals surface area contributed by atoms with Crippen molar-refractivity contribution in [2.45, 2.75) is 12.1 Å². The van der Waals surface area contributed by atoms with E-state index in [4.69, 9.17) is 5.73 Å². The smallest absolute Gasteiger partial charge is 0.130 e. The number of rotatable bonds is 2. The summed E-state index contributed by atoms with van der Waals surface area (Å²) in [7, 11) is 1.97. The number of piperazine rings is 1. The molecule has 94 valence electrons. The number of halogens is 2. The van der Waals surface area contributed by atoms with Crippen LogP contribution in [0.1, 0.15) is 11.6 Å². The average molecular weight is 241 g/mol. The van der Waals surface area contributed by atoms with E-state index in [-0.39, 0.29) is 6.04 Å². The van der Waals surface area contributed by atoms with Gasteiger partial charge in [-0.15, -0.1) is 0 Å². The molecule has 5 heteroatoms. The van der Waals surface area contributed by atoms with Gasteiger partial charge < -0.3 is 11.1 Å². The van der Waals surface area contributed by atoms with E-state index in [1.54, 1.807) is 0 Å². The van der Waals surface area contributed by atoms with Gasteiger partial charge in [-0.05, 0) is 13.1 Å². The summed E-state index contributed by atoms with van der Waals surface area (Å²) >= 11 is 0. The number of nitrogens with one attached hydrogen (secondary N) is 1. The molecule has 2 rings (SSSR count). The first-order chi connectivity index (χ1) is 8.09. The highest BCUT2D eigenvalue weighted by Crippen LogP contribution is 2.22. The van der Waals surface area contributed by atoms with E-state index in [1.165, 1.54) is 12.1 Å². The minimum absolute atomic E-state index is 0.0312. The molecule has 1 aliphatic heterocycles. The van der Waals surface area contributed by atoms with Crippen LogP contribution in [-0.2, 0) is 0 Å². The second-order valence-electron chi connectivity index (χ2n) is 4.44. The fraction of sp³-hybridized carbons (Fsp3) is 0.500. The summed E-state index contributed by atoms with van der Waals surface area (Å²) < 4.78 is 26.5. The molecule has 1 aromatic carbocycles. The largest absolute Gasteiger partial charge is 0.323 e. The first-order valence-electron chi connectivity index (χ1n) is 5.71. The lowest BCUT2D eigenvalue weighted by atomic mass is 9.97. The summed E-state index contributed by atoms with van der Waals surface area (Å²) in [4.78, 5) is 2.10. The second-order valence-corrected chi connectivity index (χ2v) is 4.44. The number of hydrogen-bond acceptors (Lipinski definition) is 3. The fourth-order valence-corrected chi connectivity index (χ4v) is 2.21. The molecule has 2 atom stereocenters. The normalized spacial score (nSPS) is 23.6. The highest BCUT2D eigenvalue weighted by atomic mass is 19.1. The van der Waals surface area contributed by atoms with Gasteiger partial charge in [0.15, 0.2) is 0 Å². The zero-order chi connectivity index (χ0) is 12.4. The number of nitrogens with two attached hydrogens (primary N) is 1. The van der Waals surface area contributed by atoms with Crippen molar-refractivity contribution >= 4 is 0 Å². The summed E-state index contributed by atoms with van der Waals surface area (Å²) in [5.74, 6) is -1.15. The van der Waals surface area contributed by atoms with Gasteiger partial charge in [0.2, 0.25) is 0 Å². The van der Waals surface area contributed by atoms with Gasteiger partial charge >= 0.3 is 0 Å². The molecule has 0 radical (unpaired) electrons. The predicted octanol–water partition coefficient (Wildman–Crippen LogP) is 0.868. The van der Waals surface area contributed by atoms with E-state index in [0.717, 1.165) is 19.2 Å². The summed E-state index contributed by atoms with van der Waals surface area (Å²) in [5, 5.41) is 3.23. The van der Waals surface area contributed by atoms with Gasteiger partial charge in [0.05, 0.1) is 0 Å². The second kappa shape index (κ2) is 5.08. The van der Waals surface area contributed by atoms with Crippen molar-refractivity contribution in [3.8, 4) is 0 Å². The molecule has 0 spiro atoms. The van der Waals surface area contributed by atoms with E-state index < -0.39 is 17.7 Å². The Morgan fingerprint density at radius 1 is 1.47 bits per heavy atom. The van der Waals surface area contributed by atoms with Crippen molar-refractivity contribution in [1.82, 2.24) is 10.2 Å². The Kier molecular flexibility index (Phi) is 3.71. The Labute approximate surface area is 99.6 Å². The molecule has 0 saturated carbocycles. The van der Waals surface area contributed by atoms with Crippen LogP contribution >= 0.6 is 0 Å². The summed E-state index contributed by atoms with van der Waals surface area (Å²) in [5.41, 5.74) is 6.43. The summed E-state index contributed by atoms with van der Waals surface area (Å²) in [6, 6.07) is 3.13. The third-order valence-electron chi connectivity index (χ3n) is 3.30. The predicted molar refractivity (Wildman–Crippen MR) is 62.6 cm³/mol. The minimum Gasteiger partial charge on any atom is -0.323 e. The van der Waals surface area contributed by atoms with Crippen molar-refractivity contribution in [1.29, 1.82) is 0 Å². The van der Waals surface area contributed by atoms with Crippen LogP contribution in [0.15, 0.2) is 18.2 Å². The maximum Gasteiger partial charge on any atom is 0.130 e. The summed E-state index contributed by atoms with van der Waals surface area (Å²) in [6.07, 6.45) is 0. The zero-order valence-electron chi connectivity index (χ0n) is 9.79. The van der Waals surface area contributed by atoms with E-state index in [9.17, 15) is 8.78 Å². The molecular formula is C12H17F2N3. The SMILES string of the molecule is CN1CCNCC1C(N)c1ccc(F)cc1F. The van der Waals surface area contributed by atoms with Crippen LogP contribution in [0.5, 0.6) is 0 Å². The maximum absolute atomic E-state index is 13.6. The van der Waals surface area contributed by atoms with Crippen molar-refractivity contribution in [2.24, 2.45) is 5.73 Å². The lowest BCUT2D eigenvalue weighted by molar-refractivity contribution is 0.172. The molecule has 1 heterocycles. The van der Waals surface area contributed by atoms with Gasteiger partial charge in [0, 0.05) is 43.3 Å². The Balaban J connectivity index is 2.20. The molecule has 0 aliphatic carbocycles. The Morgan fingerprint density at radius 2 is 2.24 bits per heavy atom. The highest BCUT2D eigenvalue weighted by Gasteiger charge is 2.27. The van der Waals surface area contributed by atoms with Crippen molar-refractivity contribution in [3.63, 3.8) is 0 Å². The third-order valence-corrected chi connectivity index (χ3v) is 3.30.